The first-order valence-corrected chi connectivity index (χ1v) is 11.3. The van der Waals surface area contributed by atoms with Gasteiger partial charge in [-0.05, 0) is 19.3 Å². The summed E-state index contributed by atoms with van der Waals surface area (Å²) in [4.78, 5) is 29.0. The Balaban J connectivity index is 1.57. The number of nitrogens with one attached hydrogen (secondary N) is 1. The average Bonchev–Trinajstić information content (AvgIpc) is 3.26. The lowest BCUT2D eigenvalue weighted by molar-refractivity contribution is -0.136. The van der Waals surface area contributed by atoms with E-state index in [0.717, 1.165) is 31.5 Å². The summed E-state index contributed by atoms with van der Waals surface area (Å²) in [7, 11) is 0. The molecule has 2 heterocycles. The minimum Gasteiger partial charge on any atom is -0.598 e. The monoisotopic (exact) mass is 407 g/mol. The van der Waals surface area contributed by atoms with Gasteiger partial charge in [-0.1, -0.05) is 30.3 Å². The van der Waals surface area contributed by atoms with E-state index in [9.17, 15) is 14.1 Å². The summed E-state index contributed by atoms with van der Waals surface area (Å²) < 4.78 is 20.9. The Morgan fingerprint density at radius 3 is 2.43 bits per heavy atom. The molecule has 0 saturated carbocycles. The minimum atomic E-state index is -1.38. The smallest absolute Gasteiger partial charge is 0.244 e. The molecule has 0 radical (unpaired) electrons. The first kappa shape index (κ1) is 21.1. The quantitative estimate of drug-likeness (QED) is 0.652. The van der Waals surface area contributed by atoms with E-state index in [4.69, 9.17) is 4.74 Å². The lowest BCUT2D eigenvalue weighted by Gasteiger charge is -2.28. The number of carbonyl (C=O) groups excluding carboxylic acids is 2. The zero-order chi connectivity index (χ0) is 19.8. The second kappa shape index (κ2) is 10.8. The van der Waals surface area contributed by atoms with Crippen molar-refractivity contribution in [2.75, 3.05) is 39.4 Å². The zero-order valence-electron chi connectivity index (χ0n) is 16.2. The Bertz CT molecular complexity index is 634. The van der Waals surface area contributed by atoms with Crippen molar-refractivity contribution in [2.24, 2.45) is 0 Å². The number of carbonyl (C=O) groups is 2. The zero-order valence-corrected chi connectivity index (χ0v) is 17.0. The third kappa shape index (κ3) is 6.20. The van der Waals surface area contributed by atoms with Gasteiger partial charge in [-0.15, -0.1) is 4.72 Å². The number of morpholine rings is 1. The summed E-state index contributed by atoms with van der Waals surface area (Å²) in [6.45, 7) is 3.77. The van der Waals surface area contributed by atoms with E-state index in [-0.39, 0.29) is 18.2 Å². The van der Waals surface area contributed by atoms with Crippen LogP contribution in [-0.4, -0.2) is 71.6 Å². The highest BCUT2D eigenvalue weighted by atomic mass is 32.2. The largest absolute Gasteiger partial charge is 0.598 e. The van der Waals surface area contributed by atoms with Gasteiger partial charge in [0, 0.05) is 49.5 Å². The number of likely N-dealkylation sites (tertiary alicyclic amines) is 1. The van der Waals surface area contributed by atoms with Gasteiger partial charge in [-0.2, -0.15) is 0 Å². The summed E-state index contributed by atoms with van der Waals surface area (Å²) in [6, 6.07) is 8.95. The number of ether oxygens (including phenoxy) is 1. The molecule has 1 aromatic carbocycles. The predicted octanol–water partition coefficient (Wildman–Crippen LogP) is 1.07. The third-order valence-corrected chi connectivity index (χ3v) is 6.28. The van der Waals surface area contributed by atoms with Crippen LogP contribution < -0.4 is 4.72 Å². The highest BCUT2D eigenvalue weighted by molar-refractivity contribution is 7.88. The van der Waals surface area contributed by atoms with Gasteiger partial charge in [0.2, 0.25) is 11.8 Å². The van der Waals surface area contributed by atoms with Crippen molar-refractivity contribution < 1.29 is 18.9 Å². The van der Waals surface area contributed by atoms with Crippen molar-refractivity contribution >= 4 is 23.2 Å². The number of nitrogens with zero attached hydrogens (tertiary/aromatic N) is 2. The van der Waals surface area contributed by atoms with Crippen molar-refractivity contribution in [3.63, 3.8) is 0 Å². The minimum absolute atomic E-state index is 0.0261. The van der Waals surface area contributed by atoms with Crippen LogP contribution in [0.4, 0.5) is 0 Å². The van der Waals surface area contributed by atoms with Crippen LogP contribution in [0.3, 0.4) is 0 Å². The Morgan fingerprint density at radius 2 is 1.75 bits per heavy atom. The highest BCUT2D eigenvalue weighted by Gasteiger charge is 2.31. The Hall–Kier alpha value is -1.61. The molecule has 2 atom stereocenters. The molecule has 8 heteroatoms. The van der Waals surface area contributed by atoms with Crippen LogP contribution in [0.1, 0.15) is 31.2 Å². The van der Waals surface area contributed by atoms with Crippen molar-refractivity contribution in [1.29, 1.82) is 0 Å². The van der Waals surface area contributed by atoms with Crippen LogP contribution in [0.2, 0.25) is 0 Å². The van der Waals surface area contributed by atoms with E-state index in [2.05, 4.69) is 4.72 Å². The molecule has 1 N–H and O–H groups in total. The summed E-state index contributed by atoms with van der Waals surface area (Å²) in [5.74, 6) is 0.314. The average molecular weight is 408 g/mol. The topological polar surface area (TPSA) is 84.9 Å². The fourth-order valence-electron chi connectivity index (χ4n) is 3.56. The van der Waals surface area contributed by atoms with Crippen molar-refractivity contribution in [3.8, 4) is 0 Å². The second-order valence-electron chi connectivity index (χ2n) is 7.21. The summed E-state index contributed by atoms with van der Waals surface area (Å²) in [5, 5.41) is 0. The molecular formula is C20H29N3O4S. The fourth-order valence-corrected chi connectivity index (χ4v) is 4.67. The lowest BCUT2D eigenvalue weighted by atomic mass is 10.1. The van der Waals surface area contributed by atoms with Crippen LogP contribution in [0, 0.1) is 0 Å². The highest BCUT2D eigenvalue weighted by Crippen LogP contribution is 2.14. The predicted molar refractivity (Wildman–Crippen MR) is 108 cm³/mol. The molecule has 28 heavy (non-hydrogen) atoms. The molecule has 2 aliphatic heterocycles. The maximum absolute atomic E-state index is 12.9. The third-order valence-electron chi connectivity index (χ3n) is 5.14. The maximum atomic E-state index is 12.9. The molecule has 2 saturated heterocycles. The number of benzene rings is 1. The Kier molecular flexibility index (Phi) is 8.14. The lowest BCUT2D eigenvalue weighted by Crippen LogP contribution is -2.49. The first-order chi connectivity index (χ1) is 13.6. The molecule has 2 fully saturated rings. The van der Waals surface area contributed by atoms with E-state index in [1.165, 1.54) is 0 Å². The van der Waals surface area contributed by atoms with Gasteiger partial charge in [-0.3, -0.25) is 9.59 Å². The number of hydrogen-bond donors (Lipinski definition) is 1. The molecule has 2 aliphatic rings. The summed E-state index contributed by atoms with van der Waals surface area (Å²) >= 11 is -1.38. The summed E-state index contributed by atoms with van der Waals surface area (Å²) in [6.07, 6.45) is 2.61. The molecule has 2 unspecified atom stereocenters. The number of amides is 2. The van der Waals surface area contributed by atoms with Gasteiger partial charge < -0.3 is 19.1 Å². The van der Waals surface area contributed by atoms with Crippen molar-refractivity contribution in [1.82, 2.24) is 14.5 Å². The van der Waals surface area contributed by atoms with Gasteiger partial charge in [0.15, 0.2) is 5.75 Å². The Morgan fingerprint density at radius 1 is 1.07 bits per heavy atom. The molecular weight excluding hydrogens is 378 g/mol. The molecule has 0 aromatic heterocycles. The van der Waals surface area contributed by atoms with Gasteiger partial charge in [-0.25, -0.2) is 0 Å². The van der Waals surface area contributed by atoms with Gasteiger partial charge in [0.25, 0.3) is 0 Å². The van der Waals surface area contributed by atoms with Crippen molar-refractivity contribution in [2.45, 2.75) is 37.5 Å². The van der Waals surface area contributed by atoms with Gasteiger partial charge >= 0.3 is 0 Å². The molecule has 3 rings (SSSR count). The van der Waals surface area contributed by atoms with Crippen LogP contribution in [0.25, 0.3) is 0 Å². The molecule has 0 aliphatic carbocycles. The fraction of sp³-hybridized carbons (Fsp3) is 0.600. The van der Waals surface area contributed by atoms with E-state index >= 15 is 0 Å². The van der Waals surface area contributed by atoms with E-state index in [1.54, 1.807) is 4.90 Å². The van der Waals surface area contributed by atoms with Crippen LogP contribution in [-0.2, 0) is 31.4 Å². The van der Waals surface area contributed by atoms with Gasteiger partial charge in [0.05, 0.1) is 13.2 Å². The molecule has 154 valence electrons. The van der Waals surface area contributed by atoms with Crippen molar-refractivity contribution in [3.05, 3.63) is 35.9 Å². The molecule has 0 spiro atoms. The van der Waals surface area contributed by atoms with Gasteiger partial charge in [0.1, 0.15) is 6.04 Å². The number of hydrogen-bond acceptors (Lipinski definition) is 5. The second-order valence-corrected chi connectivity index (χ2v) is 8.43. The molecule has 1 aromatic rings. The van der Waals surface area contributed by atoms with Crippen LogP contribution in [0.5, 0.6) is 0 Å². The first-order valence-electron chi connectivity index (χ1n) is 9.96. The van der Waals surface area contributed by atoms with E-state index in [0.29, 0.717) is 38.5 Å². The maximum Gasteiger partial charge on any atom is 0.244 e. The van der Waals surface area contributed by atoms with E-state index < -0.39 is 17.4 Å². The molecule has 2 amide bonds. The molecule has 7 nitrogen and oxygen atoms in total. The molecule has 0 bridgehead atoms. The van der Waals surface area contributed by atoms with E-state index in [1.807, 2.05) is 35.2 Å². The summed E-state index contributed by atoms with van der Waals surface area (Å²) in [5.41, 5.74) is 0.949. The van der Waals surface area contributed by atoms with Crippen LogP contribution in [0.15, 0.2) is 30.3 Å². The Labute approximate surface area is 169 Å². The SMILES string of the molecule is O=C(CCC(N[S+]([O-])Cc1ccccc1)C(=O)N1CCCC1)N1CCOCC1. The normalized spacial score (nSPS) is 19.5. The standard InChI is InChI=1S/C20H29N3O4S/c24-19(22-12-14-27-15-13-22)9-8-18(20(25)23-10-4-5-11-23)21-28(26)16-17-6-2-1-3-7-17/h1-3,6-7,18,21H,4-5,8-16H2. The number of rotatable bonds is 8. The van der Waals surface area contributed by atoms with Crippen LogP contribution >= 0.6 is 0 Å².